The van der Waals surface area contributed by atoms with Gasteiger partial charge < -0.3 is 14.6 Å². The Labute approximate surface area is 121 Å². The summed E-state index contributed by atoms with van der Waals surface area (Å²) in [5, 5.41) is 13.6. The fourth-order valence-corrected chi connectivity index (χ4v) is 1.88. The molecule has 21 heavy (non-hydrogen) atoms. The topological polar surface area (TPSA) is 88.6 Å². The highest BCUT2D eigenvalue weighted by Gasteiger charge is 2.19. The third kappa shape index (κ3) is 3.38. The van der Waals surface area contributed by atoms with Crippen molar-refractivity contribution in [3.63, 3.8) is 0 Å². The van der Waals surface area contributed by atoms with E-state index < -0.39 is 11.0 Å². The lowest BCUT2D eigenvalue weighted by atomic mass is 10.1. The van der Waals surface area contributed by atoms with Crippen molar-refractivity contribution in [1.29, 1.82) is 0 Å². The maximum Gasteiger partial charge on any atom is 0.322 e. The molecule has 0 unspecified atom stereocenters. The summed E-state index contributed by atoms with van der Waals surface area (Å²) in [7, 11) is 1.59. The molecule has 2 aromatic rings. The number of nitrogens with one attached hydrogen (secondary N) is 1. The Kier molecular flexibility index (Phi) is 4.22. The smallest absolute Gasteiger partial charge is 0.322 e. The lowest BCUT2D eigenvalue weighted by molar-refractivity contribution is -0.384. The summed E-state index contributed by atoms with van der Waals surface area (Å²) < 4.78 is 5.16. The van der Waals surface area contributed by atoms with Gasteiger partial charge in [0.25, 0.3) is 5.69 Å². The molecule has 1 N–H and O–H groups in total. The Morgan fingerprint density at radius 2 is 2.14 bits per heavy atom. The SMILES string of the molecule is Cc1cccc([N+](=O)[O-])c1NC(=O)N(C)Cc1ccco1. The molecule has 0 bridgehead atoms. The molecule has 0 atom stereocenters. The average molecular weight is 289 g/mol. The second kappa shape index (κ2) is 6.08. The van der Waals surface area contributed by atoms with Gasteiger partial charge in [0.1, 0.15) is 11.4 Å². The van der Waals surface area contributed by atoms with Crippen LogP contribution in [0.2, 0.25) is 0 Å². The highest BCUT2D eigenvalue weighted by atomic mass is 16.6. The summed E-state index contributed by atoms with van der Waals surface area (Å²) >= 11 is 0. The number of benzene rings is 1. The van der Waals surface area contributed by atoms with Crippen LogP contribution in [0.3, 0.4) is 0 Å². The predicted molar refractivity (Wildman–Crippen MR) is 77.0 cm³/mol. The standard InChI is InChI=1S/C14H15N3O4/c1-10-5-3-7-12(17(19)20)13(10)15-14(18)16(2)9-11-6-4-8-21-11/h3-8H,9H2,1-2H3,(H,15,18). The van der Waals surface area contributed by atoms with Gasteiger partial charge in [0.05, 0.1) is 17.7 Å². The molecule has 0 radical (unpaired) electrons. The minimum absolute atomic E-state index is 0.130. The number of urea groups is 1. The first-order valence-corrected chi connectivity index (χ1v) is 6.27. The van der Waals surface area contributed by atoms with Crippen LogP contribution < -0.4 is 5.32 Å². The first-order valence-electron chi connectivity index (χ1n) is 6.27. The molecule has 0 aliphatic heterocycles. The first-order chi connectivity index (χ1) is 9.99. The molecule has 1 aromatic heterocycles. The Hall–Kier alpha value is -2.83. The molecule has 7 nitrogen and oxygen atoms in total. The van der Waals surface area contributed by atoms with Crippen LogP contribution >= 0.6 is 0 Å². The fourth-order valence-electron chi connectivity index (χ4n) is 1.88. The van der Waals surface area contributed by atoms with E-state index in [0.717, 1.165) is 0 Å². The van der Waals surface area contributed by atoms with E-state index in [1.807, 2.05) is 0 Å². The van der Waals surface area contributed by atoms with Gasteiger partial charge in [0.15, 0.2) is 0 Å². The summed E-state index contributed by atoms with van der Waals surface area (Å²) in [5.74, 6) is 0.631. The van der Waals surface area contributed by atoms with E-state index in [-0.39, 0.29) is 17.9 Å². The molecule has 7 heteroatoms. The zero-order chi connectivity index (χ0) is 15.4. The second-order valence-electron chi connectivity index (χ2n) is 4.59. The van der Waals surface area contributed by atoms with Gasteiger partial charge in [-0.15, -0.1) is 0 Å². The van der Waals surface area contributed by atoms with E-state index in [1.165, 1.54) is 17.2 Å². The minimum atomic E-state index is -0.519. The van der Waals surface area contributed by atoms with E-state index in [2.05, 4.69) is 5.32 Å². The normalized spacial score (nSPS) is 10.2. The van der Waals surface area contributed by atoms with Crippen LogP contribution in [0.1, 0.15) is 11.3 Å². The first kappa shape index (κ1) is 14.6. The lowest BCUT2D eigenvalue weighted by Crippen LogP contribution is -2.31. The number of furan rings is 1. The summed E-state index contributed by atoms with van der Waals surface area (Å²) in [6.07, 6.45) is 1.52. The molecule has 0 spiro atoms. The zero-order valence-electron chi connectivity index (χ0n) is 11.7. The van der Waals surface area contributed by atoms with E-state index in [4.69, 9.17) is 4.42 Å². The van der Waals surface area contributed by atoms with Crippen molar-refractivity contribution in [2.45, 2.75) is 13.5 Å². The Bertz CT molecular complexity index is 652. The summed E-state index contributed by atoms with van der Waals surface area (Å²) in [4.78, 5) is 24.0. The van der Waals surface area contributed by atoms with Crippen molar-refractivity contribution in [3.05, 3.63) is 58.0 Å². The van der Waals surface area contributed by atoms with Crippen LogP contribution in [0.4, 0.5) is 16.2 Å². The van der Waals surface area contributed by atoms with E-state index in [9.17, 15) is 14.9 Å². The number of hydrogen-bond acceptors (Lipinski definition) is 4. The highest BCUT2D eigenvalue weighted by molar-refractivity contribution is 5.92. The molecule has 0 saturated carbocycles. The van der Waals surface area contributed by atoms with Crippen LogP contribution in [-0.2, 0) is 6.54 Å². The van der Waals surface area contributed by atoms with Gasteiger partial charge in [0.2, 0.25) is 0 Å². The lowest BCUT2D eigenvalue weighted by Gasteiger charge is -2.17. The van der Waals surface area contributed by atoms with E-state index in [0.29, 0.717) is 11.3 Å². The van der Waals surface area contributed by atoms with Gasteiger partial charge in [-0.1, -0.05) is 12.1 Å². The summed E-state index contributed by atoms with van der Waals surface area (Å²) in [5.41, 5.74) is 0.706. The van der Waals surface area contributed by atoms with E-state index in [1.54, 1.807) is 38.2 Å². The molecule has 2 amide bonds. The number of carbonyl (C=O) groups is 1. The molecule has 0 aliphatic carbocycles. The van der Waals surface area contributed by atoms with Gasteiger partial charge in [-0.25, -0.2) is 4.79 Å². The van der Waals surface area contributed by atoms with Crippen molar-refractivity contribution in [3.8, 4) is 0 Å². The highest BCUT2D eigenvalue weighted by Crippen LogP contribution is 2.27. The van der Waals surface area contributed by atoms with Gasteiger partial charge in [-0.2, -0.15) is 0 Å². The molecular weight excluding hydrogens is 274 g/mol. The number of nitro groups is 1. The van der Waals surface area contributed by atoms with Crippen molar-refractivity contribution in [2.75, 3.05) is 12.4 Å². The maximum absolute atomic E-state index is 12.1. The number of hydrogen-bond donors (Lipinski definition) is 1. The predicted octanol–water partition coefficient (Wildman–Crippen LogP) is 3.16. The van der Waals surface area contributed by atoms with Gasteiger partial charge in [0, 0.05) is 13.1 Å². The Balaban J connectivity index is 2.14. The third-order valence-corrected chi connectivity index (χ3v) is 3.00. The van der Waals surface area contributed by atoms with Gasteiger partial charge in [-0.3, -0.25) is 10.1 Å². The monoisotopic (exact) mass is 289 g/mol. The number of aryl methyl sites for hydroxylation is 1. The molecule has 0 aliphatic rings. The number of amides is 2. The number of anilines is 1. The number of para-hydroxylation sites is 1. The zero-order valence-corrected chi connectivity index (χ0v) is 11.7. The Morgan fingerprint density at radius 1 is 1.38 bits per heavy atom. The molecular formula is C14H15N3O4. The van der Waals surface area contributed by atoms with Crippen molar-refractivity contribution in [2.24, 2.45) is 0 Å². The number of carbonyl (C=O) groups excluding carboxylic acids is 1. The average Bonchev–Trinajstić information content (AvgIpc) is 2.93. The number of rotatable bonds is 4. The Morgan fingerprint density at radius 3 is 2.76 bits per heavy atom. The van der Waals surface area contributed by atoms with Crippen molar-refractivity contribution in [1.82, 2.24) is 4.90 Å². The second-order valence-corrected chi connectivity index (χ2v) is 4.59. The maximum atomic E-state index is 12.1. The quantitative estimate of drug-likeness (QED) is 0.691. The van der Waals surface area contributed by atoms with Crippen LogP contribution in [0.25, 0.3) is 0 Å². The minimum Gasteiger partial charge on any atom is -0.467 e. The molecule has 1 heterocycles. The third-order valence-electron chi connectivity index (χ3n) is 3.00. The van der Waals surface area contributed by atoms with Gasteiger partial charge in [-0.05, 0) is 24.6 Å². The molecule has 110 valence electrons. The van der Waals surface area contributed by atoms with Crippen LogP contribution in [0.15, 0.2) is 41.0 Å². The van der Waals surface area contributed by atoms with Crippen LogP contribution in [-0.4, -0.2) is 22.9 Å². The largest absolute Gasteiger partial charge is 0.467 e. The summed E-state index contributed by atoms with van der Waals surface area (Å²) in [6.45, 7) is 1.98. The summed E-state index contributed by atoms with van der Waals surface area (Å²) in [6, 6.07) is 7.68. The molecule has 1 aromatic carbocycles. The number of nitrogens with zero attached hydrogens (tertiary/aromatic N) is 2. The fraction of sp³-hybridized carbons (Fsp3) is 0.214. The number of nitro benzene ring substituents is 1. The molecule has 0 saturated heterocycles. The van der Waals surface area contributed by atoms with Crippen molar-refractivity contribution < 1.29 is 14.1 Å². The molecule has 2 rings (SSSR count). The van der Waals surface area contributed by atoms with Gasteiger partial charge >= 0.3 is 6.03 Å². The van der Waals surface area contributed by atoms with Crippen LogP contribution in [0.5, 0.6) is 0 Å². The molecule has 0 fully saturated rings. The van der Waals surface area contributed by atoms with Crippen molar-refractivity contribution >= 4 is 17.4 Å². The van der Waals surface area contributed by atoms with E-state index >= 15 is 0 Å². The van der Waals surface area contributed by atoms with Crippen LogP contribution in [0, 0.1) is 17.0 Å².